The van der Waals surface area contributed by atoms with Gasteiger partial charge in [0.05, 0.1) is 7.11 Å². The largest absolute Gasteiger partial charge is 0.468 e. The van der Waals surface area contributed by atoms with E-state index in [2.05, 4.69) is 11.8 Å². The zero-order valence-corrected chi connectivity index (χ0v) is 12.4. The van der Waals surface area contributed by atoms with E-state index in [0.29, 0.717) is 6.04 Å². The summed E-state index contributed by atoms with van der Waals surface area (Å²) in [7, 11) is 1.44. The maximum absolute atomic E-state index is 11.8. The molecule has 0 amide bonds. The van der Waals surface area contributed by atoms with E-state index < -0.39 is 5.54 Å². The molecule has 1 aliphatic carbocycles. The molecule has 2 atom stereocenters. The van der Waals surface area contributed by atoms with Crippen molar-refractivity contribution in [2.24, 2.45) is 11.7 Å². The third kappa shape index (κ3) is 3.29. The van der Waals surface area contributed by atoms with Crippen LogP contribution in [0.1, 0.15) is 51.9 Å². The molecule has 2 unspecified atom stereocenters. The van der Waals surface area contributed by atoms with Crippen molar-refractivity contribution in [3.63, 3.8) is 0 Å². The Kier molecular flexibility index (Phi) is 4.85. The van der Waals surface area contributed by atoms with Gasteiger partial charge in [-0.2, -0.15) is 0 Å². The number of nitrogens with zero attached hydrogens (tertiary/aromatic N) is 1. The van der Waals surface area contributed by atoms with Gasteiger partial charge < -0.3 is 15.4 Å². The summed E-state index contributed by atoms with van der Waals surface area (Å²) in [4.78, 5) is 14.4. The molecule has 1 saturated carbocycles. The molecule has 4 heteroatoms. The number of piperidine rings is 1. The van der Waals surface area contributed by atoms with Gasteiger partial charge in [-0.1, -0.05) is 13.3 Å². The predicted octanol–water partition coefficient (Wildman–Crippen LogP) is 1.92. The van der Waals surface area contributed by atoms with Gasteiger partial charge in [0.25, 0.3) is 0 Å². The summed E-state index contributed by atoms with van der Waals surface area (Å²) >= 11 is 0. The highest BCUT2D eigenvalue weighted by atomic mass is 16.5. The molecule has 2 aliphatic rings. The lowest BCUT2D eigenvalue weighted by molar-refractivity contribution is -0.149. The van der Waals surface area contributed by atoms with Crippen LogP contribution in [0.4, 0.5) is 0 Å². The minimum absolute atomic E-state index is 0.236. The first-order valence-corrected chi connectivity index (χ1v) is 7.70. The van der Waals surface area contributed by atoms with Crippen LogP contribution in [-0.4, -0.2) is 42.6 Å². The molecule has 1 aliphatic heterocycles. The number of carbonyl (C=O) groups is 1. The highest BCUT2D eigenvalue weighted by molar-refractivity contribution is 5.80. The van der Waals surface area contributed by atoms with Crippen LogP contribution >= 0.6 is 0 Å². The number of hydrogen-bond acceptors (Lipinski definition) is 4. The molecule has 2 N–H and O–H groups in total. The van der Waals surface area contributed by atoms with Crippen molar-refractivity contribution in [1.29, 1.82) is 0 Å². The van der Waals surface area contributed by atoms with Gasteiger partial charge in [-0.3, -0.25) is 4.79 Å². The average Bonchev–Trinajstić information content (AvgIpc) is 2.46. The Morgan fingerprint density at radius 2 is 2.05 bits per heavy atom. The summed E-state index contributed by atoms with van der Waals surface area (Å²) in [6.45, 7) is 4.62. The number of nitrogens with two attached hydrogens (primary N) is 1. The molecule has 110 valence electrons. The van der Waals surface area contributed by atoms with Crippen molar-refractivity contribution >= 4 is 5.97 Å². The van der Waals surface area contributed by atoms with Crippen molar-refractivity contribution in [1.82, 2.24) is 4.90 Å². The summed E-state index contributed by atoms with van der Waals surface area (Å²) in [6.07, 6.45) is 7.61. The zero-order chi connectivity index (χ0) is 13.9. The van der Waals surface area contributed by atoms with E-state index in [0.717, 1.165) is 25.2 Å². The minimum atomic E-state index is -0.751. The van der Waals surface area contributed by atoms with Crippen molar-refractivity contribution in [3.8, 4) is 0 Å². The first kappa shape index (κ1) is 14.8. The Labute approximate surface area is 116 Å². The Balaban J connectivity index is 1.93. The molecule has 19 heavy (non-hydrogen) atoms. The summed E-state index contributed by atoms with van der Waals surface area (Å²) in [5.41, 5.74) is 5.51. The summed E-state index contributed by atoms with van der Waals surface area (Å²) in [5, 5.41) is 0. The molecule has 0 aromatic heterocycles. The van der Waals surface area contributed by atoms with E-state index in [1.54, 1.807) is 0 Å². The van der Waals surface area contributed by atoms with Crippen LogP contribution in [0.3, 0.4) is 0 Å². The second kappa shape index (κ2) is 6.23. The molecule has 4 nitrogen and oxygen atoms in total. The lowest BCUT2D eigenvalue weighted by atomic mass is 9.78. The van der Waals surface area contributed by atoms with Crippen molar-refractivity contribution < 1.29 is 9.53 Å². The van der Waals surface area contributed by atoms with Crippen LogP contribution in [0.15, 0.2) is 0 Å². The number of ether oxygens (including phenoxy) is 1. The Morgan fingerprint density at radius 1 is 1.37 bits per heavy atom. The van der Waals surface area contributed by atoms with E-state index in [4.69, 9.17) is 10.5 Å². The Bertz CT molecular complexity index is 313. The highest BCUT2D eigenvalue weighted by Gasteiger charge is 2.42. The summed E-state index contributed by atoms with van der Waals surface area (Å²) in [5.74, 6) is 0.656. The maximum atomic E-state index is 11.8. The van der Waals surface area contributed by atoms with Gasteiger partial charge in [-0.05, 0) is 57.5 Å². The van der Waals surface area contributed by atoms with Gasteiger partial charge in [0.1, 0.15) is 5.54 Å². The van der Waals surface area contributed by atoms with E-state index >= 15 is 0 Å². The van der Waals surface area contributed by atoms with Crippen molar-refractivity contribution in [3.05, 3.63) is 0 Å². The molecular weight excluding hydrogens is 240 g/mol. The van der Waals surface area contributed by atoms with Crippen LogP contribution in [0.25, 0.3) is 0 Å². The number of rotatable bonds is 3. The van der Waals surface area contributed by atoms with Gasteiger partial charge >= 0.3 is 5.97 Å². The molecule has 0 radical (unpaired) electrons. The summed E-state index contributed by atoms with van der Waals surface area (Å²) in [6, 6.07) is 0.468. The molecule has 0 bridgehead atoms. The zero-order valence-electron chi connectivity index (χ0n) is 12.4. The van der Waals surface area contributed by atoms with E-state index in [1.165, 1.54) is 45.9 Å². The number of hydrogen-bond donors (Lipinski definition) is 1. The Hall–Kier alpha value is -0.610. The summed E-state index contributed by atoms with van der Waals surface area (Å²) < 4.78 is 4.88. The highest BCUT2D eigenvalue weighted by Crippen LogP contribution is 2.32. The predicted molar refractivity (Wildman–Crippen MR) is 75.8 cm³/mol. The molecule has 2 fully saturated rings. The van der Waals surface area contributed by atoms with Crippen molar-refractivity contribution in [2.45, 2.75) is 63.5 Å². The van der Waals surface area contributed by atoms with Crippen LogP contribution in [0.2, 0.25) is 0 Å². The molecule has 2 rings (SSSR count). The maximum Gasteiger partial charge on any atom is 0.325 e. The standard InChI is InChI=1S/C15H28N2O2/c1-3-12-6-9-17(10-7-12)13-5-4-8-15(16,11-13)14(18)19-2/h12-13H,3-11,16H2,1-2H3. The lowest BCUT2D eigenvalue weighted by Gasteiger charge is -2.43. The monoisotopic (exact) mass is 268 g/mol. The smallest absolute Gasteiger partial charge is 0.325 e. The van der Waals surface area contributed by atoms with Crippen molar-refractivity contribution in [2.75, 3.05) is 20.2 Å². The fraction of sp³-hybridized carbons (Fsp3) is 0.933. The fourth-order valence-corrected chi connectivity index (χ4v) is 3.70. The number of methoxy groups -OCH3 is 1. The Morgan fingerprint density at radius 3 is 2.63 bits per heavy atom. The second-order valence-electron chi connectivity index (χ2n) is 6.29. The average molecular weight is 268 g/mol. The quantitative estimate of drug-likeness (QED) is 0.795. The first-order chi connectivity index (χ1) is 9.09. The van der Waals surface area contributed by atoms with Gasteiger partial charge in [-0.15, -0.1) is 0 Å². The second-order valence-corrected chi connectivity index (χ2v) is 6.29. The molecule has 1 heterocycles. The normalized spacial score (nSPS) is 34.2. The molecule has 1 saturated heterocycles. The minimum Gasteiger partial charge on any atom is -0.468 e. The third-order valence-electron chi connectivity index (χ3n) is 5.09. The first-order valence-electron chi connectivity index (χ1n) is 7.70. The molecule has 0 aromatic carbocycles. The van der Waals surface area contributed by atoms with E-state index in [1.807, 2.05) is 0 Å². The fourth-order valence-electron chi connectivity index (χ4n) is 3.70. The lowest BCUT2D eigenvalue weighted by Crippen LogP contribution is -2.57. The molecular formula is C15H28N2O2. The molecule has 0 spiro atoms. The van der Waals surface area contributed by atoms with Gasteiger partial charge in [0.2, 0.25) is 0 Å². The van der Waals surface area contributed by atoms with E-state index in [9.17, 15) is 4.79 Å². The topological polar surface area (TPSA) is 55.6 Å². The SMILES string of the molecule is CCC1CCN(C2CCCC(N)(C(=O)OC)C2)CC1. The van der Waals surface area contributed by atoms with E-state index in [-0.39, 0.29) is 5.97 Å². The van der Waals surface area contributed by atoms with Gasteiger partial charge in [-0.25, -0.2) is 0 Å². The van der Waals surface area contributed by atoms with Crippen LogP contribution in [-0.2, 0) is 9.53 Å². The number of esters is 1. The van der Waals surface area contributed by atoms with Crippen LogP contribution in [0.5, 0.6) is 0 Å². The third-order valence-corrected chi connectivity index (χ3v) is 5.09. The van der Waals surface area contributed by atoms with Gasteiger partial charge in [0.15, 0.2) is 0 Å². The van der Waals surface area contributed by atoms with Gasteiger partial charge in [0, 0.05) is 6.04 Å². The number of likely N-dealkylation sites (tertiary alicyclic amines) is 1. The number of carbonyl (C=O) groups excluding carboxylic acids is 1. The molecule has 0 aromatic rings. The van der Waals surface area contributed by atoms with Crippen LogP contribution in [0, 0.1) is 5.92 Å². The van der Waals surface area contributed by atoms with Crippen LogP contribution < -0.4 is 5.73 Å².